The summed E-state index contributed by atoms with van der Waals surface area (Å²) in [6.45, 7) is 4.66. The van der Waals surface area contributed by atoms with E-state index >= 15 is 0 Å². The van der Waals surface area contributed by atoms with Crippen LogP contribution in [-0.4, -0.2) is 37.5 Å². The van der Waals surface area contributed by atoms with Crippen molar-refractivity contribution < 1.29 is 9.18 Å². The van der Waals surface area contributed by atoms with Gasteiger partial charge in [-0.05, 0) is 56.5 Å². The first kappa shape index (κ1) is 18.9. The van der Waals surface area contributed by atoms with Crippen molar-refractivity contribution in [2.75, 3.05) is 26.7 Å². The summed E-state index contributed by atoms with van der Waals surface area (Å²) in [5.74, 6) is 0.549. The molecule has 3 nitrogen and oxygen atoms in total. The van der Waals surface area contributed by atoms with Crippen molar-refractivity contribution >= 4 is 18.3 Å². The Labute approximate surface area is 138 Å². The Morgan fingerprint density at radius 1 is 1.41 bits per heavy atom. The van der Waals surface area contributed by atoms with Crippen molar-refractivity contribution in [3.8, 4) is 0 Å². The van der Waals surface area contributed by atoms with Gasteiger partial charge >= 0.3 is 0 Å². The van der Waals surface area contributed by atoms with E-state index in [9.17, 15) is 9.18 Å². The number of rotatable bonds is 5. The normalized spacial score (nSPS) is 17.0. The average molecular weight is 329 g/mol. The van der Waals surface area contributed by atoms with Crippen molar-refractivity contribution in [1.29, 1.82) is 0 Å². The predicted molar refractivity (Wildman–Crippen MR) is 89.7 cm³/mol. The second kappa shape index (κ2) is 9.11. The molecule has 1 saturated heterocycles. The van der Waals surface area contributed by atoms with Crippen LogP contribution in [0.2, 0.25) is 0 Å². The lowest BCUT2D eigenvalue weighted by molar-refractivity contribution is -0.136. The Hall–Kier alpha value is -1.13. The third-order valence-corrected chi connectivity index (χ3v) is 4.27. The highest BCUT2D eigenvalue weighted by atomic mass is 35.5. The largest absolute Gasteiger partial charge is 0.342 e. The summed E-state index contributed by atoms with van der Waals surface area (Å²) in [6.07, 6.45) is 2.74. The third-order valence-electron chi connectivity index (χ3n) is 4.27. The van der Waals surface area contributed by atoms with Crippen molar-refractivity contribution in [2.45, 2.75) is 26.2 Å². The zero-order chi connectivity index (χ0) is 15.2. The minimum atomic E-state index is -0.236. The molecule has 1 unspecified atom stereocenters. The Balaban J connectivity index is 0.00000242. The number of hydrogen-bond donors (Lipinski definition) is 1. The molecule has 124 valence electrons. The van der Waals surface area contributed by atoms with Gasteiger partial charge in [-0.2, -0.15) is 0 Å². The topological polar surface area (TPSA) is 32.3 Å². The van der Waals surface area contributed by atoms with Crippen LogP contribution in [0.4, 0.5) is 4.39 Å². The first-order valence-corrected chi connectivity index (χ1v) is 7.78. The van der Waals surface area contributed by atoms with E-state index in [0.717, 1.165) is 38.0 Å². The lowest BCUT2D eigenvalue weighted by atomic mass is 9.94. The van der Waals surface area contributed by atoms with Gasteiger partial charge < -0.3 is 10.2 Å². The van der Waals surface area contributed by atoms with Crippen molar-refractivity contribution in [3.05, 3.63) is 35.6 Å². The van der Waals surface area contributed by atoms with Crippen LogP contribution in [0, 0.1) is 17.7 Å². The average Bonchev–Trinajstić information content (AvgIpc) is 2.47. The van der Waals surface area contributed by atoms with Crippen molar-refractivity contribution in [2.24, 2.45) is 11.8 Å². The number of nitrogens with one attached hydrogen (secondary N) is 1. The summed E-state index contributed by atoms with van der Waals surface area (Å²) in [6, 6.07) is 6.53. The molecule has 0 aliphatic carbocycles. The number of piperidine rings is 1. The summed E-state index contributed by atoms with van der Waals surface area (Å²) in [5.41, 5.74) is 0.890. The SMILES string of the molecule is CNCC1CCN(C(=O)C(C)Cc2cccc(F)c2)CC1.Cl. The smallest absolute Gasteiger partial charge is 0.225 e. The fourth-order valence-corrected chi connectivity index (χ4v) is 3.06. The zero-order valence-electron chi connectivity index (χ0n) is 13.3. The number of likely N-dealkylation sites (tertiary alicyclic amines) is 1. The molecule has 0 saturated carbocycles. The Morgan fingerprint density at radius 3 is 2.68 bits per heavy atom. The molecule has 1 amide bonds. The van der Waals surface area contributed by atoms with Crippen LogP contribution in [0.25, 0.3) is 0 Å². The van der Waals surface area contributed by atoms with Gasteiger partial charge in [0, 0.05) is 19.0 Å². The van der Waals surface area contributed by atoms with Crippen molar-refractivity contribution in [1.82, 2.24) is 10.2 Å². The monoisotopic (exact) mass is 328 g/mol. The van der Waals surface area contributed by atoms with Crippen LogP contribution in [0.1, 0.15) is 25.3 Å². The van der Waals surface area contributed by atoms with Gasteiger partial charge in [-0.3, -0.25) is 4.79 Å². The summed E-state index contributed by atoms with van der Waals surface area (Å²) in [7, 11) is 1.97. The van der Waals surface area contributed by atoms with Gasteiger partial charge in [-0.25, -0.2) is 4.39 Å². The first-order chi connectivity index (χ1) is 10.1. The zero-order valence-corrected chi connectivity index (χ0v) is 14.2. The standard InChI is InChI=1S/C17H25FN2O.ClH/c1-13(10-15-4-3-5-16(18)11-15)17(21)20-8-6-14(7-9-20)12-19-2;/h3-5,11,13-14,19H,6-10,12H2,1-2H3;1H. The number of hydrogen-bond acceptors (Lipinski definition) is 2. The van der Waals surface area contributed by atoms with Crippen LogP contribution in [-0.2, 0) is 11.2 Å². The minimum absolute atomic E-state index is 0. The summed E-state index contributed by atoms with van der Waals surface area (Å²) >= 11 is 0. The van der Waals surface area contributed by atoms with Gasteiger partial charge in [-0.15, -0.1) is 12.4 Å². The fraction of sp³-hybridized carbons (Fsp3) is 0.588. The second-order valence-corrected chi connectivity index (χ2v) is 6.06. The minimum Gasteiger partial charge on any atom is -0.342 e. The fourth-order valence-electron chi connectivity index (χ4n) is 3.06. The molecule has 22 heavy (non-hydrogen) atoms. The number of benzene rings is 1. The number of halogens is 2. The van der Waals surface area contributed by atoms with Gasteiger partial charge in [-0.1, -0.05) is 19.1 Å². The molecule has 1 N–H and O–H groups in total. The quantitative estimate of drug-likeness (QED) is 0.901. The van der Waals surface area contributed by atoms with E-state index in [-0.39, 0.29) is 30.0 Å². The highest BCUT2D eigenvalue weighted by Gasteiger charge is 2.25. The van der Waals surface area contributed by atoms with E-state index in [2.05, 4.69) is 5.32 Å². The third kappa shape index (κ3) is 5.25. The maximum atomic E-state index is 13.2. The van der Waals surface area contributed by atoms with E-state index in [4.69, 9.17) is 0 Å². The number of carbonyl (C=O) groups is 1. The molecule has 1 aliphatic heterocycles. The van der Waals surface area contributed by atoms with Gasteiger partial charge in [0.25, 0.3) is 0 Å². The molecular weight excluding hydrogens is 303 g/mol. The van der Waals surface area contributed by atoms with E-state index < -0.39 is 0 Å². The Kier molecular flexibility index (Phi) is 7.83. The maximum Gasteiger partial charge on any atom is 0.225 e. The van der Waals surface area contributed by atoms with Crippen molar-refractivity contribution in [3.63, 3.8) is 0 Å². The van der Waals surface area contributed by atoms with Gasteiger partial charge in [0.15, 0.2) is 0 Å². The molecule has 0 aromatic heterocycles. The maximum absolute atomic E-state index is 13.2. The van der Waals surface area contributed by atoms with Crippen LogP contribution in [0.15, 0.2) is 24.3 Å². The summed E-state index contributed by atoms with van der Waals surface area (Å²) < 4.78 is 13.2. The van der Waals surface area contributed by atoms with Crippen LogP contribution in [0.3, 0.4) is 0 Å². The molecule has 0 bridgehead atoms. The first-order valence-electron chi connectivity index (χ1n) is 7.78. The molecule has 2 rings (SSSR count). The van der Waals surface area contributed by atoms with Crippen LogP contribution in [0.5, 0.6) is 0 Å². The Bertz CT molecular complexity index is 475. The molecule has 1 fully saturated rings. The number of amides is 1. The van der Waals surface area contributed by atoms with Gasteiger partial charge in [0.2, 0.25) is 5.91 Å². The molecule has 1 aromatic rings. The molecule has 1 aromatic carbocycles. The second-order valence-electron chi connectivity index (χ2n) is 6.06. The predicted octanol–water partition coefficient (Wildman–Crippen LogP) is 2.88. The van der Waals surface area contributed by atoms with Crippen LogP contribution >= 0.6 is 12.4 Å². The molecule has 1 heterocycles. The molecule has 1 atom stereocenters. The highest BCUT2D eigenvalue weighted by Crippen LogP contribution is 2.20. The number of nitrogens with zero attached hydrogens (tertiary/aromatic N) is 1. The van der Waals surface area contributed by atoms with E-state index in [1.807, 2.05) is 24.9 Å². The van der Waals surface area contributed by atoms with Gasteiger partial charge in [0.05, 0.1) is 0 Å². The van der Waals surface area contributed by atoms with E-state index in [1.54, 1.807) is 6.07 Å². The number of carbonyl (C=O) groups excluding carboxylic acids is 1. The molecule has 0 spiro atoms. The molecule has 0 radical (unpaired) electrons. The van der Waals surface area contributed by atoms with E-state index in [1.165, 1.54) is 12.1 Å². The summed E-state index contributed by atoms with van der Waals surface area (Å²) in [4.78, 5) is 14.4. The highest BCUT2D eigenvalue weighted by molar-refractivity contribution is 5.85. The van der Waals surface area contributed by atoms with Crippen LogP contribution < -0.4 is 5.32 Å². The Morgan fingerprint density at radius 2 is 2.09 bits per heavy atom. The van der Waals surface area contributed by atoms with Gasteiger partial charge in [0.1, 0.15) is 5.82 Å². The summed E-state index contributed by atoms with van der Waals surface area (Å²) in [5, 5.41) is 3.20. The lowest BCUT2D eigenvalue weighted by Crippen LogP contribution is -2.43. The molecule has 5 heteroatoms. The lowest BCUT2D eigenvalue weighted by Gasteiger charge is -2.33. The van der Waals surface area contributed by atoms with E-state index in [0.29, 0.717) is 12.3 Å². The molecular formula is C17H26ClFN2O. The molecule has 1 aliphatic rings.